The molecule has 0 spiro atoms. The van der Waals surface area contributed by atoms with Crippen molar-refractivity contribution in [1.29, 1.82) is 0 Å². The Morgan fingerprint density at radius 2 is 1.93 bits per heavy atom. The van der Waals surface area contributed by atoms with Gasteiger partial charge in [0.15, 0.2) is 0 Å². The van der Waals surface area contributed by atoms with Gasteiger partial charge in [0.25, 0.3) is 0 Å². The largest absolute Gasteiger partial charge is 0.439 e. The van der Waals surface area contributed by atoms with Gasteiger partial charge in [-0.3, -0.25) is 0 Å². The first-order valence-electron chi connectivity index (χ1n) is 9.28. The van der Waals surface area contributed by atoms with Crippen molar-refractivity contribution >= 4 is 11.7 Å². The molecule has 1 N–H and O–H groups in total. The third-order valence-corrected chi connectivity index (χ3v) is 4.85. The molecule has 0 bridgehead atoms. The summed E-state index contributed by atoms with van der Waals surface area (Å²) in [5, 5.41) is 11.0. The lowest BCUT2D eigenvalue weighted by molar-refractivity contribution is 0.193. The standard InChI is InChI=1S/C20H22N6O2/c1-25-14-22-24-19(25)15-9-11-26(12-10-15)20(27)23-16-7-8-18(21-13-16)28-17-5-3-2-4-6-17/h2-8,13-15H,9-12H2,1H3,(H,23,27). The van der Waals surface area contributed by atoms with E-state index in [2.05, 4.69) is 20.5 Å². The average molecular weight is 378 g/mol. The number of urea groups is 1. The van der Waals surface area contributed by atoms with E-state index in [0.717, 1.165) is 24.4 Å². The zero-order valence-corrected chi connectivity index (χ0v) is 15.7. The predicted octanol–water partition coefficient (Wildman–Crippen LogP) is 3.41. The van der Waals surface area contributed by atoms with E-state index >= 15 is 0 Å². The van der Waals surface area contributed by atoms with Crippen LogP contribution in [0.15, 0.2) is 55.0 Å². The fourth-order valence-corrected chi connectivity index (χ4v) is 3.33. The molecule has 144 valence electrons. The van der Waals surface area contributed by atoms with Crippen LogP contribution < -0.4 is 10.1 Å². The van der Waals surface area contributed by atoms with Crippen LogP contribution in [0, 0.1) is 0 Å². The molecule has 3 heterocycles. The molecule has 0 unspecified atom stereocenters. The second-order valence-corrected chi connectivity index (χ2v) is 6.79. The van der Waals surface area contributed by atoms with E-state index < -0.39 is 0 Å². The number of piperidine rings is 1. The molecule has 1 aromatic carbocycles. The van der Waals surface area contributed by atoms with E-state index in [9.17, 15) is 4.79 Å². The topological polar surface area (TPSA) is 85.2 Å². The number of carbonyl (C=O) groups excluding carboxylic acids is 1. The quantitative estimate of drug-likeness (QED) is 0.752. The number of nitrogens with zero attached hydrogens (tertiary/aromatic N) is 5. The summed E-state index contributed by atoms with van der Waals surface area (Å²) in [6.45, 7) is 1.37. The highest BCUT2D eigenvalue weighted by Crippen LogP contribution is 2.26. The number of ether oxygens (including phenoxy) is 1. The van der Waals surface area contributed by atoms with Crippen LogP contribution in [0.2, 0.25) is 0 Å². The summed E-state index contributed by atoms with van der Waals surface area (Å²) < 4.78 is 7.61. The monoisotopic (exact) mass is 378 g/mol. The Hall–Kier alpha value is -3.42. The Kier molecular flexibility index (Phi) is 5.18. The molecule has 28 heavy (non-hydrogen) atoms. The van der Waals surface area contributed by atoms with Gasteiger partial charge in [-0.25, -0.2) is 9.78 Å². The van der Waals surface area contributed by atoms with Crippen molar-refractivity contribution in [3.05, 3.63) is 60.8 Å². The minimum atomic E-state index is -0.116. The smallest absolute Gasteiger partial charge is 0.321 e. The number of carbonyl (C=O) groups is 1. The lowest BCUT2D eigenvalue weighted by atomic mass is 9.96. The summed E-state index contributed by atoms with van der Waals surface area (Å²) in [6, 6.07) is 12.9. The Morgan fingerprint density at radius 1 is 1.14 bits per heavy atom. The molecule has 0 radical (unpaired) electrons. The van der Waals surface area contributed by atoms with Crippen molar-refractivity contribution < 1.29 is 9.53 Å². The van der Waals surface area contributed by atoms with Gasteiger partial charge in [0, 0.05) is 32.1 Å². The van der Waals surface area contributed by atoms with Crippen LogP contribution >= 0.6 is 0 Å². The highest BCUT2D eigenvalue weighted by molar-refractivity contribution is 5.89. The van der Waals surface area contributed by atoms with Crippen molar-refractivity contribution in [2.75, 3.05) is 18.4 Å². The average Bonchev–Trinajstić information content (AvgIpc) is 3.16. The number of likely N-dealkylation sites (tertiary alicyclic amines) is 1. The number of hydrogen-bond acceptors (Lipinski definition) is 5. The van der Waals surface area contributed by atoms with Crippen LogP contribution in [0.1, 0.15) is 24.6 Å². The molecular formula is C20H22N6O2. The number of pyridine rings is 1. The van der Waals surface area contributed by atoms with Crippen molar-refractivity contribution in [3.63, 3.8) is 0 Å². The van der Waals surface area contributed by atoms with Crippen molar-refractivity contribution in [3.8, 4) is 11.6 Å². The number of amides is 2. The molecule has 3 aromatic rings. The summed E-state index contributed by atoms with van der Waals surface area (Å²) in [5.41, 5.74) is 0.640. The number of rotatable bonds is 4. The molecule has 0 atom stereocenters. The minimum Gasteiger partial charge on any atom is -0.439 e. The molecule has 2 amide bonds. The Balaban J connectivity index is 1.30. The van der Waals surface area contributed by atoms with Gasteiger partial charge in [-0.2, -0.15) is 0 Å². The maximum Gasteiger partial charge on any atom is 0.321 e. The lowest BCUT2D eigenvalue weighted by Gasteiger charge is -2.31. The maximum absolute atomic E-state index is 12.5. The number of aryl methyl sites for hydroxylation is 1. The van der Waals surface area contributed by atoms with Crippen LogP contribution in [0.25, 0.3) is 0 Å². The molecule has 1 saturated heterocycles. The fourth-order valence-electron chi connectivity index (χ4n) is 3.33. The molecule has 4 rings (SSSR count). The number of benzene rings is 1. The lowest BCUT2D eigenvalue weighted by Crippen LogP contribution is -2.40. The highest BCUT2D eigenvalue weighted by Gasteiger charge is 2.26. The van der Waals surface area contributed by atoms with Crippen LogP contribution in [-0.4, -0.2) is 43.8 Å². The molecular weight excluding hydrogens is 356 g/mol. The summed E-state index contributed by atoms with van der Waals surface area (Å²) in [7, 11) is 1.95. The Bertz CT molecular complexity index is 917. The third kappa shape index (κ3) is 4.11. The molecule has 2 aromatic heterocycles. The SMILES string of the molecule is Cn1cnnc1C1CCN(C(=O)Nc2ccc(Oc3ccccc3)nc2)CC1. The van der Waals surface area contributed by atoms with E-state index in [4.69, 9.17) is 4.74 Å². The minimum absolute atomic E-state index is 0.116. The first kappa shape index (κ1) is 18.0. The van der Waals surface area contributed by atoms with Gasteiger partial charge in [-0.05, 0) is 31.0 Å². The van der Waals surface area contributed by atoms with Crippen molar-refractivity contribution in [2.45, 2.75) is 18.8 Å². The summed E-state index contributed by atoms with van der Waals surface area (Å²) >= 11 is 0. The zero-order valence-electron chi connectivity index (χ0n) is 15.7. The van der Waals surface area contributed by atoms with Gasteiger partial charge in [-0.1, -0.05) is 18.2 Å². The summed E-state index contributed by atoms with van der Waals surface area (Å²) in [6.07, 6.45) is 5.07. The number of aromatic nitrogens is 4. The first-order valence-corrected chi connectivity index (χ1v) is 9.28. The van der Waals surface area contributed by atoms with E-state index in [1.54, 1.807) is 24.7 Å². The second kappa shape index (κ2) is 8.08. The van der Waals surface area contributed by atoms with E-state index in [0.29, 0.717) is 30.6 Å². The van der Waals surface area contributed by atoms with Gasteiger partial charge in [0.2, 0.25) is 5.88 Å². The van der Waals surface area contributed by atoms with Crippen molar-refractivity contribution in [1.82, 2.24) is 24.6 Å². The van der Waals surface area contributed by atoms with E-state index in [-0.39, 0.29) is 6.03 Å². The molecule has 8 heteroatoms. The van der Waals surface area contributed by atoms with Crippen molar-refractivity contribution in [2.24, 2.45) is 7.05 Å². The maximum atomic E-state index is 12.5. The Morgan fingerprint density at radius 3 is 2.57 bits per heavy atom. The normalized spacial score (nSPS) is 14.7. The number of nitrogens with one attached hydrogen (secondary N) is 1. The fraction of sp³-hybridized carbons (Fsp3) is 0.300. The summed E-state index contributed by atoms with van der Waals surface area (Å²) in [4.78, 5) is 18.6. The zero-order chi connectivity index (χ0) is 19.3. The molecule has 8 nitrogen and oxygen atoms in total. The van der Waals surface area contributed by atoms with Gasteiger partial charge in [0.05, 0.1) is 11.9 Å². The molecule has 1 fully saturated rings. The third-order valence-electron chi connectivity index (χ3n) is 4.85. The molecule has 0 saturated carbocycles. The first-order chi connectivity index (χ1) is 13.7. The number of para-hydroxylation sites is 1. The number of hydrogen-bond donors (Lipinski definition) is 1. The highest BCUT2D eigenvalue weighted by atomic mass is 16.5. The predicted molar refractivity (Wildman–Crippen MR) is 104 cm³/mol. The van der Waals surface area contributed by atoms with Crippen LogP contribution in [0.5, 0.6) is 11.6 Å². The van der Waals surface area contributed by atoms with Crippen LogP contribution in [0.3, 0.4) is 0 Å². The van der Waals surface area contributed by atoms with Gasteiger partial charge < -0.3 is 19.5 Å². The molecule has 1 aliphatic heterocycles. The Labute approximate surface area is 163 Å². The number of anilines is 1. The molecule has 1 aliphatic rings. The van der Waals surface area contributed by atoms with E-state index in [1.807, 2.05) is 46.8 Å². The second-order valence-electron chi connectivity index (χ2n) is 6.79. The van der Waals surface area contributed by atoms with E-state index in [1.165, 1.54) is 0 Å². The van der Waals surface area contributed by atoms with Gasteiger partial charge >= 0.3 is 6.03 Å². The van der Waals surface area contributed by atoms with Gasteiger partial charge in [0.1, 0.15) is 17.9 Å². The molecule has 0 aliphatic carbocycles. The van der Waals surface area contributed by atoms with Gasteiger partial charge in [-0.15, -0.1) is 10.2 Å². The van der Waals surface area contributed by atoms with Crippen LogP contribution in [-0.2, 0) is 7.05 Å². The summed E-state index contributed by atoms with van der Waals surface area (Å²) in [5.74, 6) is 2.53. The van der Waals surface area contributed by atoms with Crippen LogP contribution in [0.4, 0.5) is 10.5 Å².